The van der Waals surface area contributed by atoms with E-state index in [-0.39, 0.29) is 10.6 Å². The molecule has 0 aliphatic heterocycles. The van der Waals surface area contributed by atoms with Crippen molar-refractivity contribution in [1.82, 2.24) is 15.1 Å². The normalized spacial score (nSPS) is 11.8. The minimum Gasteiger partial charge on any atom is -0.307 e. The van der Waals surface area contributed by atoms with Gasteiger partial charge in [0.05, 0.1) is 16.3 Å². The average Bonchev–Trinajstić information content (AvgIpc) is 2.84. The van der Waals surface area contributed by atoms with Gasteiger partial charge in [-0.25, -0.2) is 8.42 Å². The fourth-order valence-electron chi connectivity index (χ4n) is 1.96. The van der Waals surface area contributed by atoms with Gasteiger partial charge in [0, 0.05) is 31.4 Å². The second-order valence-electron chi connectivity index (χ2n) is 4.78. The topological polar surface area (TPSA) is 64.0 Å². The summed E-state index contributed by atoms with van der Waals surface area (Å²) in [6, 6.07) is 6.85. The van der Waals surface area contributed by atoms with Gasteiger partial charge in [-0.05, 0) is 29.8 Å². The summed E-state index contributed by atoms with van der Waals surface area (Å²) in [5, 5.41) is 7.92. The highest BCUT2D eigenvalue weighted by Gasteiger charge is 2.13. The molecule has 0 saturated carbocycles. The number of sulfone groups is 1. The SMILES string of the molecule is CCS(=O)(=O)c1cc(Cl)cc(CNCc2ccn(C)n2)c1. The van der Waals surface area contributed by atoms with Crippen LogP contribution in [-0.2, 0) is 30.0 Å². The molecule has 1 N–H and O–H groups in total. The maximum atomic E-state index is 11.9. The van der Waals surface area contributed by atoms with Crippen molar-refractivity contribution in [3.63, 3.8) is 0 Å². The summed E-state index contributed by atoms with van der Waals surface area (Å²) in [6.45, 7) is 2.77. The third-order valence-corrected chi connectivity index (χ3v) is 5.01. The van der Waals surface area contributed by atoms with Gasteiger partial charge >= 0.3 is 0 Å². The number of benzene rings is 1. The third kappa shape index (κ3) is 4.30. The first-order valence-corrected chi connectivity index (χ1v) is 8.65. The van der Waals surface area contributed by atoms with Gasteiger partial charge in [0.25, 0.3) is 0 Å². The number of nitrogens with one attached hydrogen (secondary N) is 1. The Bertz CT molecular complexity index is 726. The van der Waals surface area contributed by atoms with Crippen molar-refractivity contribution < 1.29 is 8.42 Å². The first-order chi connectivity index (χ1) is 9.90. The van der Waals surface area contributed by atoms with Gasteiger partial charge in [-0.3, -0.25) is 4.68 Å². The maximum absolute atomic E-state index is 11.9. The summed E-state index contributed by atoms with van der Waals surface area (Å²) in [5.74, 6) is 0.0636. The molecule has 2 aromatic rings. The number of hydrogen-bond donors (Lipinski definition) is 1. The summed E-state index contributed by atoms with van der Waals surface area (Å²) in [4.78, 5) is 0.270. The molecule has 0 unspecified atom stereocenters. The molecule has 2 rings (SSSR count). The van der Waals surface area contributed by atoms with Crippen molar-refractivity contribution in [2.45, 2.75) is 24.9 Å². The first-order valence-electron chi connectivity index (χ1n) is 6.62. The van der Waals surface area contributed by atoms with E-state index in [1.54, 1.807) is 23.7 Å². The summed E-state index contributed by atoms with van der Waals surface area (Å²) in [5.41, 5.74) is 1.77. The molecule has 114 valence electrons. The number of nitrogens with zero attached hydrogens (tertiary/aromatic N) is 2. The largest absolute Gasteiger partial charge is 0.307 e. The molecule has 0 amide bonds. The molecule has 1 aromatic carbocycles. The lowest BCUT2D eigenvalue weighted by atomic mass is 10.2. The molecule has 7 heteroatoms. The van der Waals surface area contributed by atoms with E-state index in [1.807, 2.05) is 19.3 Å². The van der Waals surface area contributed by atoms with Crippen LogP contribution in [0.25, 0.3) is 0 Å². The monoisotopic (exact) mass is 327 g/mol. The summed E-state index contributed by atoms with van der Waals surface area (Å²) in [7, 11) is -1.38. The Morgan fingerprint density at radius 1 is 1.29 bits per heavy atom. The van der Waals surface area contributed by atoms with Crippen LogP contribution in [0.5, 0.6) is 0 Å². The molecule has 0 aliphatic carbocycles. The summed E-state index contributed by atoms with van der Waals surface area (Å²) >= 11 is 6.00. The van der Waals surface area contributed by atoms with Gasteiger partial charge in [-0.15, -0.1) is 0 Å². The maximum Gasteiger partial charge on any atom is 0.178 e. The van der Waals surface area contributed by atoms with Gasteiger partial charge in [0.2, 0.25) is 0 Å². The predicted molar refractivity (Wildman–Crippen MR) is 82.9 cm³/mol. The van der Waals surface area contributed by atoms with Crippen molar-refractivity contribution >= 4 is 21.4 Å². The molecule has 0 spiro atoms. The van der Waals surface area contributed by atoms with E-state index >= 15 is 0 Å². The average molecular weight is 328 g/mol. The van der Waals surface area contributed by atoms with Crippen LogP contribution in [0.2, 0.25) is 5.02 Å². The lowest BCUT2D eigenvalue weighted by Gasteiger charge is -2.08. The fraction of sp³-hybridized carbons (Fsp3) is 0.357. The van der Waals surface area contributed by atoms with Gasteiger partial charge in [0.1, 0.15) is 0 Å². The highest BCUT2D eigenvalue weighted by atomic mass is 35.5. The molecule has 1 heterocycles. The van der Waals surface area contributed by atoms with E-state index in [4.69, 9.17) is 11.6 Å². The highest BCUT2D eigenvalue weighted by Crippen LogP contribution is 2.20. The highest BCUT2D eigenvalue weighted by molar-refractivity contribution is 7.91. The smallest absolute Gasteiger partial charge is 0.178 e. The van der Waals surface area contributed by atoms with Gasteiger partial charge < -0.3 is 5.32 Å². The zero-order valence-corrected chi connectivity index (χ0v) is 13.6. The van der Waals surface area contributed by atoms with Crippen molar-refractivity contribution in [2.75, 3.05) is 5.75 Å². The molecular weight excluding hydrogens is 310 g/mol. The van der Waals surface area contributed by atoms with E-state index in [2.05, 4.69) is 10.4 Å². The van der Waals surface area contributed by atoms with Gasteiger partial charge in [-0.1, -0.05) is 18.5 Å². The van der Waals surface area contributed by atoms with Crippen LogP contribution in [0.1, 0.15) is 18.2 Å². The predicted octanol–water partition coefficient (Wildman–Crippen LogP) is 2.16. The number of aromatic nitrogens is 2. The zero-order chi connectivity index (χ0) is 15.5. The molecule has 1 aromatic heterocycles. The summed E-state index contributed by atoms with van der Waals surface area (Å²) < 4.78 is 25.6. The lowest BCUT2D eigenvalue weighted by Crippen LogP contribution is -2.14. The molecule has 21 heavy (non-hydrogen) atoms. The molecule has 0 bridgehead atoms. The first kappa shape index (κ1) is 16.0. The van der Waals surface area contributed by atoms with Crippen LogP contribution in [0.15, 0.2) is 35.4 Å². The van der Waals surface area contributed by atoms with Crippen LogP contribution < -0.4 is 5.32 Å². The van der Waals surface area contributed by atoms with Gasteiger partial charge in [0.15, 0.2) is 9.84 Å². The standard InChI is InChI=1S/C14H18ClN3O2S/c1-3-21(19,20)14-7-11(6-12(15)8-14)9-16-10-13-4-5-18(2)17-13/h4-8,16H,3,9-10H2,1-2H3. The van der Waals surface area contributed by atoms with Crippen molar-refractivity contribution in [3.05, 3.63) is 46.7 Å². The van der Waals surface area contributed by atoms with E-state index in [0.717, 1.165) is 11.3 Å². The second-order valence-corrected chi connectivity index (χ2v) is 7.50. The van der Waals surface area contributed by atoms with Crippen LogP contribution in [0.4, 0.5) is 0 Å². The molecule has 0 saturated heterocycles. The molecule has 0 radical (unpaired) electrons. The molecule has 0 aliphatic rings. The Hall–Kier alpha value is -1.37. The molecule has 0 fully saturated rings. The van der Waals surface area contributed by atoms with Crippen LogP contribution in [0.3, 0.4) is 0 Å². The van der Waals surface area contributed by atoms with Crippen LogP contribution >= 0.6 is 11.6 Å². The van der Waals surface area contributed by atoms with Crippen molar-refractivity contribution in [3.8, 4) is 0 Å². The van der Waals surface area contributed by atoms with Crippen molar-refractivity contribution in [2.24, 2.45) is 7.05 Å². The minimum absolute atomic E-state index is 0.0636. The van der Waals surface area contributed by atoms with E-state index in [1.165, 1.54) is 6.07 Å². The van der Waals surface area contributed by atoms with E-state index in [9.17, 15) is 8.42 Å². The van der Waals surface area contributed by atoms with Crippen LogP contribution in [0, 0.1) is 0 Å². The number of rotatable bonds is 6. The number of hydrogen-bond acceptors (Lipinski definition) is 4. The Morgan fingerprint density at radius 2 is 2.05 bits per heavy atom. The Balaban J connectivity index is 2.06. The quantitative estimate of drug-likeness (QED) is 0.883. The Kier molecular flexibility index (Phi) is 5.03. The zero-order valence-electron chi connectivity index (χ0n) is 12.0. The molecular formula is C14H18ClN3O2S. The number of aryl methyl sites for hydroxylation is 1. The molecule has 5 nitrogen and oxygen atoms in total. The second kappa shape index (κ2) is 6.60. The Labute approximate surface area is 129 Å². The number of halogens is 1. The fourth-order valence-corrected chi connectivity index (χ4v) is 3.25. The Morgan fingerprint density at radius 3 is 2.67 bits per heavy atom. The summed E-state index contributed by atoms with van der Waals surface area (Å²) in [6.07, 6.45) is 1.88. The van der Waals surface area contributed by atoms with E-state index in [0.29, 0.717) is 18.1 Å². The van der Waals surface area contributed by atoms with Gasteiger partial charge in [-0.2, -0.15) is 5.10 Å². The lowest BCUT2D eigenvalue weighted by molar-refractivity contribution is 0.596. The van der Waals surface area contributed by atoms with Crippen LogP contribution in [-0.4, -0.2) is 24.0 Å². The molecule has 0 atom stereocenters. The third-order valence-electron chi connectivity index (χ3n) is 3.07. The minimum atomic E-state index is -3.24. The van der Waals surface area contributed by atoms with E-state index < -0.39 is 9.84 Å². The van der Waals surface area contributed by atoms with Crippen molar-refractivity contribution in [1.29, 1.82) is 0 Å².